The molecular weight excluding hydrogens is 260 g/mol. The topological polar surface area (TPSA) is 34.6 Å². The van der Waals surface area contributed by atoms with Crippen LogP contribution >= 0.6 is 15.9 Å². The van der Waals surface area contributed by atoms with E-state index >= 15 is 0 Å². The van der Waals surface area contributed by atoms with Crippen LogP contribution in [0.2, 0.25) is 0 Å². The number of aromatic nitrogens is 1. The van der Waals surface area contributed by atoms with Crippen LogP contribution in [0.1, 0.15) is 0 Å². The molecule has 0 aliphatic carbocycles. The van der Waals surface area contributed by atoms with Gasteiger partial charge < -0.3 is 14.4 Å². The quantitative estimate of drug-likeness (QED) is 0.619. The normalized spacial score (nSPS) is 18.7. The molecule has 15 heavy (non-hydrogen) atoms. The first-order valence-corrected chi connectivity index (χ1v) is 5.46. The molecule has 0 radical (unpaired) electrons. The van der Waals surface area contributed by atoms with Crippen LogP contribution in [0, 0.1) is 0 Å². The van der Waals surface area contributed by atoms with E-state index in [2.05, 4.69) is 25.8 Å². The Bertz CT molecular complexity index is 347. The molecule has 0 bridgehead atoms. The maximum Gasteiger partial charge on any atom is 0.203 e. The molecule has 0 unspecified atom stereocenters. The third kappa shape index (κ3) is 2.00. The van der Waals surface area contributed by atoms with Gasteiger partial charge in [-0.25, -0.2) is 4.98 Å². The number of halogens is 1. The van der Waals surface area contributed by atoms with E-state index in [0.717, 1.165) is 10.4 Å². The van der Waals surface area contributed by atoms with E-state index in [9.17, 15) is 0 Å². The van der Waals surface area contributed by atoms with Gasteiger partial charge in [0.15, 0.2) is 0 Å². The number of rotatable bonds is 3. The van der Waals surface area contributed by atoms with Crippen molar-refractivity contribution in [2.24, 2.45) is 0 Å². The Morgan fingerprint density at radius 2 is 2.00 bits per heavy atom. The number of methoxy groups -OCH3 is 2. The van der Waals surface area contributed by atoms with Gasteiger partial charge in [-0.3, -0.25) is 0 Å². The van der Waals surface area contributed by atoms with Gasteiger partial charge in [0.05, 0.1) is 13.1 Å². The molecule has 0 aromatic carbocycles. The third-order valence-electron chi connectivity index (χ3n) is 2.63. The third-order valence-corrected chi connectivity index (χ3v) is 3.07. The molecule has 0 spiro atoms. The van der Waals surface area contributed by atoms with Crippen molar-refractivity contribution in [1.29, 1.82) is 0 Å². The van der Waals surface area contributed by atoms with E-state index in [1.807, 2.05) is 18.2 Å². The molecular formula is C10H13BrN2O2. The molecule has 0 saturated carbocycles. The van der Waals surface area contributed by atoms with Gasteiger partial charge in [-0.05, 0) is 28.1 Å². The standard InChI is InChI=1S/C10H13BrN2O2/c1-14-10(15-2)6-13(7-10)9-5-3-4-8(11)12-9/h3-5H,6-7H2,1-2H3. The summed E-state index contributed by atoms with van der Waals surface area (Å²) in [6.45, 7) is 1.42. The summed E-state index contributed by atoms with van der Waals surface area (Å²) in [5.41, 5.74) is 0. The predicted octanol–water partition coefficient (Wildman–Crippen LogP) is 1.65. The van der Waals surface area contributed by atoms with Crippen LogP contribution < -0.4 is 4.90 Å². The molecule has 1 aliphatic heterocycles. The lowest BCUT2D eigenvalue weighted by atomic mass is 10.1. The van der Waals surface area contributed by atoms with E-state index in [1.54, 1.807) is 14.2 Å². The highest BCUT2D eigenvalue weighted by Gasteiger charge is 2.44. The van der Waals surface area contributed by atoms with Crippen LogP contribution in [-0.4, -0.2) is 38.1 Å². The van der Waals surface area contributed by atoms with Crippen molar-refractivity contribution in [2.45, 2.75) is 5.79 Å². The van der Waals surface area contributed by atoms with Gasteiger partial charge in [-0.1, -0.05) is 6.07 Å². The minimum absolute atomic E-state index is 0.454. The van der Waals surface area contributed by atoms with Gasteiger partial charge in [-0.2, -0.15) is 0 Å². The number of hydrogen-bond acceptors (Lipinski definition) is 4. The van der Waals surface area contributed by atoms with Gasteiger partial charge in [0, 0.05) is 14.2 Å². The zero-order valence-electron chi connectivity index (χ0n) is 8.74. The summed E-state index contributed by atoms with van der Waals surface area (Å²) in [6.07, 6.45) is 0. The lowest BCUT2D eigenvalue weighted by Gasteiger charge is -2.48. The number of nitrogens with zero attached hydrogens (tertiary/aromatic N) is 2. The van der Waals surface area contributed by atoms with Crippen LogP contribution in [0.3, 0.4) is 0 Å². The largest absolute Gasteiger partial charge is 0.350 e. The second-order valence-electron chi connectivity index (χ2n) is 3.49. The molecule has 1 aromatic rings. The van der Waals surface area contributed by atoms with Crippen LogP contribution in [0.25, 0.3) is 0 Å². The number of hydrogen-bond donors (Lipinski definition) is 0. The SMILES string of the molecule is COC1(OC)CN(c2cccc(Br)n2)C1. The molecule has 1 aromatic heterocycles. The Morgan fingerprint density at radius 3 is 2.53 bits per heavy atom. The Hall–Kier alpha value is -0.650. The van der Waals surface area contributed by atoms with Gasteiger partial charge in [0.25, 0.3) is 0 Å². The Morgan fingerprint density at radius 1 is 1.33 bits per heavy atom. The zero-order valence-corrected chi connectivity index (χ0v) is 10.3. The minimum Gasteiger partial charge on any atom is -0.350 e. The fourth-order valence-electron chi connectivity index (χ4n) is 1.61. The van der Waals surface area contributed by atoms with Gasteiger partial charge in [-0.15, -0.1) is 0 Å². The lowest BCUT2D eigenvalue weighted by molar-refractivity contribution is -0.219. The summed E-state index contributed by atoms with van der Waals surface area (Å²) in [5.74, 6) is 0.485. The summed E-state index contributed by atoms with van der Waals surface area (Å²) in [6, 6.07) is 5.84. The van der Waals surface area contributed by atoms with Crippen molar-refractivity contribution in [2.75, 3.05) is 32.2 Å². The Labute approximate surface area is 97.3 Å². The highest BCUT2D eigenvalue weighted by molar-refractivity contribution is 9.10. The highest BCUT2D eigenvalue weighted by atomic mass is 79.9. The van der Waals surface area contributed by atoms with Gasteiger partial charge >= 0.3 is 0 Å². The summed E-state index contributed by atoms with van der Waals surface area (Å²) >= 11 is 3.35. The second kappa shape index (κ2) is 4.08. The molecule has 5 heteroatoms. The first kappa shape index (κ1) is 10.9. The monoisotopic (exact) mass is 272 g/mol. The van der Waals surface area contributed by atoms with Crippen molar-refractivity contribution >= 4 is 21.7 Å². The molecule has 2 rings (SSSR count). The molecule has 4 nitrogen and oxygen atoms in total. The van der Waals surface area contributed by atoms with E-state index in [1.165, 1.54) is 0 Å². The zero-order chi connectivity index (χ0) is 10.9. The van der Waals surface area contributed by atoms with Crippen molar-refractivity contribution in [1.82, 2.24) is 4.98 Å². The van der Waals surface area contributed by atoms with E-state index in [-0.39, 0.29) is 0 Å². The van der Waals surface area contributed by atoms with E-state index < -0.39 is 5.79 Å². The maximum atomic E-state index is 5.30. The van der Waals surface area contributed by atoms with Crippen LogP contribution in [-0.2, 0) is 9.47 Å². The first-order valence-electron chi connectivity index (χ1n) is 4.67. The lowest BCUT2D eigenvalue weighted by Crippen LogP contribution is -2.64. The maximum absolute atomic E-state index is 5.30. The minimum atomic E-state index is -0.454. The average Bonchev–Trinajstić information content (AvgIpc) is 2.18. The molecule has 1 aliphatic rings. The van der Waals surface area contributed by atoms with Crippen molar-refractivity contribution in [3.8, 4) is 0 Å². The van der Waals surface area contributed by atoms with Gasteiger partial charge in [0.2, 0.25) is 5.79 Å². The smallest absolute Gasteiger partial charge is 0.203 e. The summed E-state index contributed by atoms with van der Waals surface area (Å²) in [5, 5.41) is 0. The molecule has 0 amide bonds. The summed E-state index contributed by atoms with van der Waals surface area (Å²) in [7, 11) is 3.32. The molecule has 0 N–H and O–H groups in total. The van der Waals surface area contributed by atoms with E-state index in [0.29, 0.717) is 13.1 Å². The number of pyridine rings is 1. The van der Waals surface area contributed by atoms with Crippen LogP contribution in [0.15, 0.2) is 22.8 Å². The Balaban J connectivity index is 2.05. The summed E-state index contributed by atoms with van der Waals surface area (Å²) in [4.78, 5) is 6.47. The molecule has 1 saturated heterocycles. The number of ether oxygens (including phenoxy) is 2. The second-order valence-corrected chi connectivity index (χ2v) is 4.31. The summed E-state index contributed by atoms with van der Waals surface area (Å²) < 4.78 is 11.4. The predicted molar refractivity (Wildman–Crippen MR) is 60.9 cm³/mol. The molecule has 1 fully saturated rings. The van der Waals surface area contributed by atoms with Crippen LogP contribution in [0.5, 0.6) is 0 Å². The van der Waals surface area contributed by atoms with Crippen molar-refractivity contribution < 1.29 is 9.47 Å². The van der Waals surface area contributed by atoms with Crippen LogP contribution in [0.4, 0.5) is 5.82 Å². The van der Waals surface area contributed by atoms with Gasteiger partial charge in [0.1, 0.15) is 10.4 Å². The highest BCUT2D eigenvalue weighted by Crippen LogP contribution is 2.29. The molecule has 0 atom stereocenters. The fraction of sp³-hybridized carbons (Fsp3) is 0.500. The fourth-order valence-corrected chi connectivity index (χ4v) is 1.95. The van der Waals surface area contributed by atoms with E-state index in [4.69, 9.17) is 9.47 Å². The first-order chi connectivity index (χ1) is 7.19. The van der Waals surface area contributed by atoms with Crippen molar-refractivity contribution in [3.63, 3.8) is 0 Å². The Kier molecular flexibility index (Phi) is 2.95. The molecule has 2 heterocycles. The molecule has 82 valence electrons. The van der Waals surface area contributed by atoms with Crippen molar-refractivity contribution in [3.05, 3.63) is 22.8 Å². The number of anilines is 1. The average molecular weight is 273 g/mol.